The molecule has 0 bridgehead atoms. The minimum atomic E-state index is -4.76. The summed E-state index contributed by atoms with van der Waals surface area (Å²) in [6.07, 6.45) is -4.76. The molecule has 1 heterocycles. The molecule has 3 aromatic rings. The van der Waals surface area contributed by atoms with Gasteiger partial charge in [-0.2, -0.15) is 18.3 Å². The number of aromatic nitrogens is 3. The van der Waals surface area contributed by atoms with Crippen molar-refractivity contribution in [1.82, 2.24) is 15.2 Å². The van der Waals surface area contributed by atoms with Crippen molar-refractivity contribution in [2.24, 2.45) is 0 Å². The van der Waals surface area contributed by atoms with E-state index in [1.54, 1.807) is 6.07 Å². The molecule has 0 fully saturated rings. The van der Waals surface area contributed by atoms with Crippen LogP contribution in [0.5, 0.6) is 5.75 Å². The van der Waals surface area contributed by atoms with E-state index in [9.17, 15) is 26.4 Å². The zero-order chi connectivity index (χ0) is 21.4. The van der Waals surface area contributed by atoms with E-state index in [1.165, 1.54) is 19.2 Å². The number of sulfonamides is 1. The maximum absolute atomic E-state index is 13.3. The molecule has 0 aliphatic carbocycles. The van der Waals surface area contributed by atoms with Crippen molar-refractivity contribution in [2.75, 3.05) is 11.8 Å². The average Bonchev–Trinajstić information content (AvgIpc) is 3.07. The van der Waals surface area contributed by atoms with Gasteiger partial charge in [0, 0.05) is 10.0 Å². The predicted molar refractivity (Wildman–Crippen MR) is 101 cm³/mol. The number of halogens is 4. The van der Waals surface area contributed by atoms with Crippen LogP contribution < -0.4 is 15.1 Å². The molecule has 0 radical (unpaired) electrons. The van der Waals surface area contributed by atoms with E-state index in [1.807, 2.05) is 5.10 Å². The van der Waals surface area contributed by atoms with Crippen LogP contribution in [0.1, 0.15) is 5.56 Å². The molecule has 29 heavy (non-hydrogen) atoms. The van der Waals surface area contributed by atoms with Gasteiger partial charge in [-0.25, -0.2) is 18.3 Å². The average molecular weight is 493 g/mol. The van der Waals surface area contributed by atoms with E-state index in [4.69, 9.17) is 4.74 Å². The number of benzene rings is 2. The number of anilines is 1. The van der Waals surface area contributed by atoms with Crippen molar-refractivity contribution in [3.05, 3.63) is 56.9 Å². The van der Waals surface area contributed by atoms with Gasteiger partial charge in [0.1, 0.15) is 10.6 Å². The topological polar surface area (TPSA) is 117 Å². The second-order valence-electron chi connectivity index (χ2n) is 5.72. The number of nitrogens with zero attached hydrogens (tertiary/aromatic N) is 1. The Morgan fingerprint density at radius 3 is 2.48 bits per heavy atom. The molecule has 0 saturated carbocycles. The number of aromatic amines is 2. The normalized spacial score (nSPS) is 12.0. The standard InChI is InChI=1S/C16H12BrF3N4O4S/c1-28-12-3-2-10(17)7-13(12)29(26,27)24-11-5-8(14-21-15(25)23-22-14)4-9(6-11)16(18,19)20/h2-7,24H,1H3,(H2,21,22,23,25). The van der Waals surface area contributed by atoms with Crippen LogP contribution in [-0.4, -0.2) is 30.7 Å². The van der Waals surface area contributed by atoms with E-state index in [0.29, 0.717) is 10.5 Å². The first-order chi connectivity index (χ1) is 13.5. The fourth-order valence-corrected chi connectivity index (χ4v) is 4.21. The van der Waals surface area contributed by atoms with Crippen molar-refractivity contribution >= 4 is 31.6 Å². The van der Waals surface area contributed by atoms with E-state index < -0.39 is 27.5 Å². The Kier molecular flexibility index (Phi) is 5.45. The second kappa shape index (κ2) is 7.55. The number of rotatable bonds is 5. The van der Waals surface area contributed by atoms with Gasteiger partial charge >= 0.3 is 11.9 Å². The Labute approximate surface area is 170 Å². The smallest absolute Gasteiger partial charge is 0.416 e. The maximum atomic E-state index is 13.3. The fourth-order valence-electron chi connectivity index (χ4n) is 2.46. The number of hydrogen-bond donors (Lipinski definition) is 3. The molecule has 8 nitrogen and oxygen atoms in total. The summed E-state index contributed by atoms with van der Waals surface area (Å²) in [5.41, 5.74) is -2.37. The summed E-state index contributed by atoms with van der Waals surface area (Å²) in [4.78, 5) is 13.2. The van der Waals surface area contributed by atoms with Crippen molar-refractivity contribution in [3.8, 4) is 17.1 Å². The molecule has 3 rings (SSSR count). The van der Waals surface area contributed by atoms with Gasteiger partial charge in [0.05, 0.1) is 18.4 Å². The summed E-state index contributed by atoms with van der Waals surface area (Å²) in [5.74, 6) is -0.175. The minimum Gasteiger partial charge on any atom is -0.495 e. The molecule has 0 spiro atoms. The zero-order valence-corrected chi connectivity index (χ0v) is 16.9. The Morgan fingerprint density at radius 2 is 1.90 bits per heavy atom. The third-order valence-corrected chi connectivity index (χ3v) is 5.60. The molecule has 154 valence electrons. The summed E-state index contributed by atoms with van der Waals surface area (Å²) in [6.45, 7) is 0. The summed E-state index contributed by atoms with van der Waals surface area (Å²) in [6, 6.07) is 6.68. The highest BCUT2D eigenvalue weighted by molar-refractivity contribution is 9.10. The van der Waals surface area contributed by atoms with Gasteiger partial charge in [-0.05, 0) is 36.4 Å². The lowest BCUT2D eigenvalue weighted by molar-refractivity contribution is -0.137. The maximum Gasteiger partial charge on any atom is 0.416 e. The quantitative estimate of drug-likeness (QED) is 0.504. The van der Waals surface area contributed by atoms with Crippen LogP contribution in [0, 0.1) is 0 Å². The van der Waals surface area contributed by atoms with E-state index in [0.717, 1.165) is 12.1 Å². The van der Waals surface area contributed by atoms with Crippen molar-refractivity contribution in [3.63, 3.8) is 0 Å². The van der Waals surface area contributed by atoms with Crippen LogP contribution in [0.2, 0.25) is 0 Å². The number of alkyl halides is 3. The Bertz CT molecular complexity index is 1220. The summed E-state index contributed by atoms with van der Waals surface area (Å²) < 4.78 is 73.0. The number of methoxy groups -OCH3 is 1. The van der Waals surface area contributed by atoms with Crippen molar-refractivity contribution in [1.29, 1.82) is 0 Å². The Hall–Kier alpha value is -2.80. The number of nitrogens with one attached hydrogen (secondary N) is 3. The van der Waals surface area contributed by atoms with Crippen molar-refractivity contribution in [2.45, 2.75) is 11.1 Å². The lowest BCUT2D eigenvalue weighted by atomic mass is 10.1. The zero-order valence-electron chi connectivity index (χ0n) is 14.5. The fraction of sp³-hybridized carbons (Fsp3) is 0.125. The van der Waals surface area contributed by atoms with Gasteiger partial charge < -0.3 is 4.74 Å². The molecule has 2 aromatic carbocycles. The van der Waals surface area contributed by atoms with Crippen LogP contribution >= 0.6 is 15.9 Å². The SMILES string of the molecule is COc1ccc(Br)cc1S(=O)(=O)Nc1cc(-c2n[nH]c(=O)[nH]2)cc(C(F)(F)F)c1. The largest absolute Gasteiger partial charge is 0.495 e. The minimum absolute atomic E-state index is 0.00420. The van der Waals surface area contributed by atoms with Crippen LogP contribution in [0.3, 0.4) is 0 Å². The molecule has 3 N–H and O–H groups in total. The predicted octanol–water partition coefficient (Wildman–Crippen LogP) is 3.36. The lowest BCUT2D eigenvalue weighted by Gasteiger charge is -2.15. The van der Waals surface area contributed by atoms with E-state index in [-0.39, 0.29) is 27.7 Å². The molecule has 0 aliphatic heterocycles. The molecule has 0 aliphatic rings. The summed E-state index contributed by atoms with van der Waals surface area (Å²) in [5, 5.41) is 5.62. The van der Waals surface area contributed by atoms with Crippen molar-refractivity contribution < 1.29 is 26.3 Å². The summed E-state index contributed by atoms with van der Waals surface area (Å²) in [7, 11) is -3.04. The highest BCUT2D eigenvalue weighted by Gasteiger charge is 2.32. The monoisotopic (exact) mass is 492 g/mol. The molecular weight excluding hydrogens is 481 g/mol. The lowest BCUT2D eigenvalue weighted by Crippen LogP contribution is -2.15. The molecule has 1 aromatic heterocycles. The van der Waals surface area contributed by atoms with Gasteiger partial charge in [0.2, 0.25) is 0 Å². The molecule has 0 unspecified atom stereocenters. The number of ether oxygens (including phenoxy) is 1. The third kappa shape index (κ3) is 4.62. The van der Waals surface area contributed by atoms with Crippen LogP contribution in [0.4, 0.5) is 18.9 Å². The first kappa shape index (κ1) is 20.9. The highest BCUT2D eigenvalue weighted by atomic mass is 79.9. The van der Waals surface area contributed by atoms with Crippen LogP contribution in [0.15, 0.2) is 50.6 Å². The first-order valence-corrected chi connectivity index (χ1v) is 10.0. The van der Waals surface area contributed by atoms with Gasteiger partial charge in [-0.1, -0.05) is 15.9 Å². The van der Waals surface area contributed by atoms with Gasteiger partial charge in [0.25, 0.3) is 10.0 Å². The molecule has 13 heteroatoms. The van der Waals surface area contributed by atoms with Gasteiger partial charge in [0.15, 0.2) is 5.82 Å². The number of hydrogen-bond acceptors (Lipinski definition) is 5. The molecule has 0 atom stereocenters. The number of H-pyrrole nitrogens is 2. The van der Waals surface area contributed by atoms with Crippen LogP contribution in [0.25, 0.3) is 11.4 Å². The van der Waals surface area contributed by atoms with E-state index in [2.05, 4.69) is 30.7 Å². The molecular formula is C16H12BrF3N4O4S. The van der Waals surface area contributed by atoms with Gasteiger partial charge in [-0.3, -0.25) is 9.71 Å². The first-order valence-electron chi connectivity index (χ1n) is 7.73. The Morgan fingerprint density at radius 1 is 1.17 bits per heavy atom. The third-order valence-electron chi connectivity index (χ3n) is 3.70. The molecule has 0 saturated heterocycles. The molecule has 0 amide bonds. The van der Waals surface area contributed by atoms with Gasteiger partial charge in [-0.15, -0.1) is 0 Å². The second-order valence-corrected chi connectivity index (χ2v) is 8.29. The summed E-state index contributed by atoms with van der Waals surface area (Å²) >= 11 is 3.14. The highest BCUT2D eigenvalue weighted by Crippen LogP contribution is 2.35. The van der Waals surface area contributed by atoms with E-state index >= 15 is 0 Å². The van der Waals surface area contributed by atoms with Crippen LogP contribution in [-0.2, 0) is 16.2 Å². The Balaban J connectivity index is 2.11.